The molecule has 0 aliphatic heterocycles. The van der Waals surface area contributed by atoms with Crippen molar-refractivity contribution in [3.8, 4) is 22.6 Å². The predicted molar refractivity (Wildman–Crippen MR) is 107 cm³/mol. The van der Waals surface area contributed by atoms with Crippen LogP contribution in [0.15, 0.2) is 82.7 Å². The van der Waals surface area contributed by atoms with Crippen LogP contribution in [0.2, 0.25) is 0 Å². The van der Waals surface area contributed by atoms with Crippen molar-refractivity contribution >= 4 is 0 Å². The maximum atomic E-state index is 12.1. The second-order valence-electron chi connectivity index (χ2n) is 6.72. The molecule has 140 valence electrons. The average molecular weight is 372 g/mol. The van der Waals surface area contributed by atoms with Crippen molar-refractivity contribution in [2.75, 3.05) is 7.05 Å². The quantitative estimate of drug-likeness (QED) is 0.558. The average Bonchev–Trinajstić information content (AvgIpc) is 3.21. The molecule has 1 N–H and O–H groups in total. The molecule has 4 aromatic rings. The molecule has 6 heteroatoms. The summed E-state index contributed by atoms with van der Waals surface area (Å²) in [6.45, 7) is 1.63. The van der Waals surface area contributed by atoms with Crippen molar-refractivity contribution in [2.45, 2.75) is 13.1 Å². The summed E-state index contributed by atoms with van der Waals surface area (Å²) in [6.07, 6.45) is 6.82. The monoisotopic (exact) mass is 372 g/mol. The molecule has 28 heavy (non-hydrogen) atoms. The van der Waals surface area contributed by atoms with Crippen LogP contribution in [0.3, 0.4) is 0 Å². The van der Waals surface area contributed by atoms with E-state index >= 15 is 0 Å². The van der Waals surface area contributed by atoms with E-state index in [1.807, 2.05) is 30.3 Å². The molecule has 4 rings (SSSR count). The number of nitrogens with one attached hydrogen (secondary N) is 1. The molecule has 1 aromatic carbocycles. The van der Waals surface area contributed by atoms with Gasteiger partial charge in [0.05, 0.1) is 18.2 Å². The van der Waals surface area contributed by atoms with E-state index in [4.69, 9.17) is 4.42 Å². The lowest BCUT2D eigenvalue weighted by Gasteiger charge is -2.15. The number of pyridine rings is 1. The second-order valence-corrected chi connectivity index (χ2v) is 6.72. The Balaban J connectivity index is 1.52. The molecule has 6 nitrogen and oxygen atoms in total. The summed E-state index contributed by atoms with van der Waals surface area (Å²) in [5.41, 5.74) is 4.51. The van der Waals surface area contributed by atoms with E-state index in [2.05, 4.69) is 39.0 Å². The van der Waals surface area contributed by atoms with Gasteiger partial charge in [-0.15, -0.1) is 0 Å². The number of hydrogen-bond donors (Lipinski definition) is 1. The standard InChI is InChI=1S/C22H20N4O2/c1-26(14-17-8-11-28-15-17)13-16-2-4-19(5-3-16)22-24-20(12-21(27)25-22)18-6-9-23-10-7-18/h2-12,15H,13-14H2,1H3,(H,24,25,27). The summed E-state index contributed by atoms with van der Waals surface area (Å²) in [6, 6.07) is 15.2. The molecule has 0 saturated carbocycles. The van der Waals surface area contributed by atoms with Gasteiger partial charge in [-0.2, -0.15) is 0 Å². The lowest BCUT2D eigenvalue weighted by atomic mass is 10.1. The third-order valence-electron chi connectivity index (χ3n) is 4.43. The Morgan fingerprint density at radius 1 is 0.964 bits per heavy atom. The summed E-state index contributed by atoms with van der Waals surface area (Å²) >= 11 is 0. The number of aromatic nitrogens is 3. The second kappa shape index (κ2) is 8.02. The first-order chi connectivity index (χ1) is 13.7. The van der Waals surface area contributed by atoms with Gasteiger partial charge in [0.25, 0.3) is 5.56 Å². The summed E-state index contributed by atoms with van der Waals surface area (Å²) in [7, 11) is 2.07. The molecule has 3 heterocycles. The molecule has 0 saturated heterocycles. The van der Waals surface area contributed by atoms with Gasteiger partial charge in [0, 0.05) is 48.2 Å². The van der Waals surface area contributed by atoms with E-state index in [9.17, 15) is 4.79 Å². The highest BCUT2D eigenvalue weighted by molar-refractivity contribution is 5.63. The van der Waals surface area contributed by atoms with Gasteiger partial charge in [0.2, 0.25) is 0 Å². The van der Waals surface area contributed by atoms with Gasteiger partial charge in [-0.05, 0) is 30.8 Å². The van der Waals surface area contributed by atoms with E-state index in [1.54, 1.807) is 24.9 Å². The highest BCUT2D eigenvalue weighted by Crippen LogP contribution is 2.20. The Bertz CT molecular complexity index is 1090. The molecule has 3 aromatic heterocycles. The van der Waals surface area contributed by atoms with Crippen LogP contribution in [0.25, 0.3) is 22.6 Å². The minimum Gasteiger partial charge on any atom is -0.472 e. The van der Waals surface area contributed by atoms with Gasteiger partial charge in [-0.3, -0.25) is 14.7 Å². The van der Waals surface area contributed by atoms with Crippen LogP contribution in [0.1, 0.15) is 11.1 Å². The lowest BCUT2D eigenvalue weighted by molar-refractivity contribution is 0.318. The molecular weight excluding hydrogens is 352 g/mol. The van der Waals surface area contributed by atoms with Crippen LogP contribution >= 0.6 is 0 Å². The van der Waals surface area contributed by atoms with Gasteiger partial charge in [-0.1, -0.05) is 24.3 Å². The molecule has 0 aliphatic carbocycles. The maximum Gasteiger partial charge on any atom is 0.251 e. The third kappa shape index (κ3) is 4.24. The third-order valence-corrected chi connectivity index (χ3v) is 4.43. The van der Waals surface area contributed by atoms with Gasteiger partial charge >= 0.3 is 0 Å². The van der Waals surface area contributed by atoms with Gasteiger partial charge in [-0.25, -0.2) is 4.98 Å². The number of rotatable bonds is 6. The molecule has 0 amide bonds. The zero-order valence-corrected chi connectivity index (χ0v) is 15.5. The topological polar surface area (TPSA) is 75.0 Å². The number of nitrogens with zero attached hydrogens (tertiary/aromatic N) is 3. The zero-order valence-electron chi connectivity index (χ0n) is 15.5. The fourth-order valence-electron chi connectivity index (χ4n) is 3.09. The minimum atomic E-state index is -0.180. The van der Waals surface area contributed by atoms with Crippen LogP contribution in [-0.4, -0.2) is 26.9 Å². The molecule has 0 unspecified atom stereocenters. The smallest absolute Gasteiger partial charge is 0.251 e. The first kappa shape index (κ1) is 17.9. The first-order valence-corrected chi connectivity index (χ1v) is 8.98. The summed E-state index contributed by atoms with van der Waals surface area (Å²) in [5, 5.41) is 0. The first-order valence-electron chi connectivity index (χ1n) is 8.98. The predicted octanol–water partition coefficient (Wildman–Crippen LogP) is 3.72. The summed E-state index contributed by atoms with van der Waals surface area (Å²) in [4.78, 5) is 25.7. The lowest BCUT2D eigenvalue weighted by Crippen LogP contribution is -2.16. The largest absolute Gasteiger partial charge is 0.472 e. The van der Waals surface area contributed by atoms with Gasteiger partial charge in [0.1, 0.15) is 5.82 Å². The SMILES string of the molecule is CN(Cc1ccc(-c2nc(-c3ccncc3)cc(=O)[nH]2)cc1)Cc1ccoc1. The van der Waals surface area contributed by atoms with Crippen molar-refractivity contribution < 1.29 is 4.42 Å². The highest BCUT2D eigenvalue weighted by atomic mass is 16.3. The number of H-pyrrole nitrogens is 1. The highest BCUT2D eigenvalue weighted by Gasteiger charge is 2.08. The number of hydrogen-bond acceptors (Lipinski definition) is 5. The van der Waals surface area contributed by atoms with Crippen LogP contribution in [0, 0.1) is 0 Å². The molecule has 0 aliphatic rings. The Hall–Kier alpha value is -3.51. The Morgan fingerprint density at radius 3 is 2.43 bits per heavy atom. The molecule has 0 radical (unpaired) electrons. The molecular formula is C22H20N4O2. The van der Waals surface area contributed by atoms with E-state index in [-0.39, 0.29) is 5.56 Å². The van der Waals surface area contributed by atoms with E-state index in [1.165, 1.54) is 11.6 Å². The van der Waals surface area contributed by atoms with Gasteiger partial charge in [0.15, 0.2) is 0 Å². The molecule has 0 bridgehead atoms. The number of furan rings is 1. The van der Waals surface area contributed by atoms with Crippen molar-refractivity contribution in [3.63, 3.8) is 0 Å². The van der Waals surface area contributed by atoms with Crippen LogP contribution < -0.4 is 5.56 Å². The fourth-order valence-corrected chi connectivity index (χ4v) is 3.09. The van der Waals surface area contributed by atoms with Crippen molar-refractivity contribution in [1.82, 2.24) is 19.9 Å². The summed E-state index contributed by atoms with van der Waals surface area (Å²) < 4.78 is 5.12. The fraction of sp³-hybridized carbons (Fsp3) is 0.136. The Labute approximate surface area is 162 Å². The van der Waals surface area contributed by atoms with Crippen LogP contribution in [-0.2, 0) is 13.1 Å². The van der Waals surface area contributed by atoms with E-state index in [0.29, 0.717) is 11.5 Å². The number of benzene rings is 1. The molecule has 0 fully saturated rings. The molecule has 0 spiro atoms. The Morgan fingerprint density at radius 2 is 1.71 bits per heavy atom. The van der Waals surface area contributed by atoms with Crippen molar-refractivity contribution in [1.29, 1.82) is 0 Å². The van der Waals surface area contributed by atoms with Crippen molar-refractivity contribution in [3.05, 3.63) is 94.9 Å². The van der Waals surface area contributed by atoms with Gasteiger partial charge < -0.3 is 9.40 Å². The molecule has 0 atom stereocenters. The van der Waals surface area contributed by atoms with Crippen LogP contribution in [0.4, 0.5) is 0 Å². The van der Waals surface area contributed by atoms with E-state index in [0.717, 1.165) is 29.8 Å². The maximum absolute atomic E-state index is 12.1. The normalized spacial score (nSPS) is 11.1. The zero-order chi connectivity index (χ0) is 19.3. The number of aromatic amines is 1. The Kier molecular flexibility index (Phi) is 5.12. The summed E-state index contributed by atoms with van der Waals surface area (Å²) in [5.74, 6) is 0.553. The van der Waals surface area contributed by atoms with Crippen molar-refractivity contribution in [2.24, 2.45) is 0 Å². The van der Waals surface area contributed by atoms with Crippen LogP contribution in [0.5, 0.6) is 0 Å². The van der Waals surface area contributed by atoms with E-state index < -0.39 is 0 Å². The minimum absolute atomic E-state index is 0.180.